The fourth-order valence-corrected chi connectivity index (χ4v) is 16.0. The van der Waals surface area contributed by atoms with Crippen LogP contribution in [0.2, 0.25) is 0 Å². The minimum absolute atomic E-state index is 0.756. The van der Waals surface area contributed by atoms with E-state index in [9.17, 15) is 0 Å². The summed E-state index contributed by atoms with van der Waals surface area (Å²) in [5.41, 5.74) is 28.4. The first-order chi connectivity index (χ1) is 47.6. The quantitative estimate of drug-likeness (QED) is 0.142. The summed E-state index contributed by atoms with van der Waals surface area (Å²) in [6.07, 6.45) is 9.60. The van der Waals surface area contributed by atoms with E-state index in [0.29, 0.717) is 0 Å². The van der Waals surface area contributed by atoms with Gasteiger partial charge >= 0.3 is 0 Å². The van der Waals surface area contributed by atoms with Gasteiger partial charge in [0, 0.05) is 83.4 Å². The second-order valence-electron chi connectivity index (χ2n) is 25.9. The number of para-hydroxylation sites is 3. The number of ether oxygens (including phenoxy) is 1. The summed E-state index contributed by atoms with van der Waals surface area (Å²) in [7, 11) is 0. The van der Waals surface area contributed by atoms with E-state index in [1.165, 1.54) is 143 Å². The lowest BCUT2D eigenvalue weighted by Gasteiger charge is -2.22. The first-order valence-corrected chi connectivity index (χ1v) is 33.4. The van der Waals surface area contributed by atoms with Crippen LogP contribution in [-0.2, 0) is 6.42 Å². The molecular weight excluding hydrogens is 1170 g/mol. The molecule has 1 aliphatic carbocycles. The molecule has 20 rings (SSSR count). The van der Waals surface area contributed by atoms with Crippen molar-refractivity contribution in [2.75, 3.05) is 0 Å². The Morgan fingerprint density at radius 3 is 1.22 bits per heavy atom. The molecule has 0 N–H and O–H groups in total. The van der Waals surface area contributed by atoms with Crippen LogP contribution in [0.25, 0.3) is 160 Å². The predicted octanol–water partition coefficient (Wildman–Crippen LogP) is 24.2. The Bertz CT molecular complexity index is 6180. The topological polar surface area (TPSA) is 28.9 Å². The summed E-state index contributed by atoms with van der Waals surface area (Å²) in [5, 5.41) is 9.87. The number of hydrogen-bond donors (Lipinski definition) is 0. The first-order valence-electron chi connectivity index (χ1n) is 33.4. The minimum atomic E-state index is 0.756. The zero-order valence-electron chi connectivity index (χ0n) is 52.5. The summed E-state index contributed by atoms with van der Waals surface area (Å²) >= 11 is 0. The maximum Gasteiger partial charge on any atom is 0.131 e. The Morgan fingerprint density at radius 1 is 0.260 bits per heavy atom. The molecule has 96 heavy (non-hydrogen) atoms. The standard InChI is InChI=1S/C91H60N4O/c1-4-19-58(20-5-1)62-37-43-84-77(53-62)78-54-63(59-21-6-2-7-22-59)38-44-85(78)92(84)69-27-17-28-70(57-69)93-86-45-39-64(60-23-8-3-9-24-60)55-79(86)80-56-65(40-46-87(80)93)61-25-16-26-66(49-61)73-32-18-36-88-91(73)76-31-12-15-35-83(76)95(88)72-42-48-90-68(52-72)50-67-51-71(41-47-89(67)96-90)94-81-33-13-10-29-74(81)75-30-11-14-34-82(75)94/h1-8,10-23,25-49,51-57H,9,24,50H2. The molecule has 5 nitrogen and oxygen atoms in total. The SMILES string of the molecule is C1=CCCC(c2ccc3c(c2)c2cc(-c4cccc(-c5cccc6c5c5ccccc5n6-c5ccc6c(c5)Cc5cc(-n7c8ccccc8c8ccccc87)ccc5O6)c4)ccc2n3-c2cccc(-n3c4ccc(-c5ccccc5)cc4c4cc(-c5ccccc5)ccc43)c2)=C1. The molecule has 18 aromatic rings. The molecule has 0 bridgehead atoms. The van der Waals surface area contributed by atoms with Crippen LogP contribution in [0, 0.1) is 0 Å². The van der Waals surface area contributed by atoms with Crippen molar-refractivity contribution in [3.8, 4) is 78.8 Å². The number of allylic oxidation sites excluding steroid dienone is 4. The van der Waals surface area contributed by atoms with Crippen molar-refractivity contribution in [2.24, 2.45) is 0 Å². The average molecular weight is 1230 g/mol. The number of aromatic nitrogens is 4. The van der Waals surface area contributed by atoms with E-state index in [-0.39, 0.29) is 0 Å². The third-order valence-electron chi connectivity index (χ3n) is 20.5. The number of hydrogen-bond acceptors (Lipinski definition) is 1. The van der Waals surface area contributed by atoms with Gasteiger partial charge in [-0.2, -0.15) is 0 Å². The lowest BCUT2D eigenvalue weighted by molar-refractivity contribution is 0.460. The Morgan fingerprint density at radius 2 is 0.667 bits per heavy atom. The summed E-state index contributed by atoms with van der Waals surface area (Å²) in [6, 6.07) is 114. The van der Waals surface area contributed by atoms with E-state index >= 15 is 0 Å². The van der Waals surface area contributed by atoms with E-state index in [4.69, 9.17) is 4.74 Å². The molecule has 0 saturated carbocycles. The summed E-state index contributed by atoms with van der Waals surface area (Å²) in [6.45, 7) is 0. The average Bonchev–Trinajstić information content (AvgIpc) is 1.58. The van der Waals surface area contributed by atoms with Gasteiger partial charge in [-0.05, 0) is 202 Å². The molecular formula is C91H60N4O. The third kappa shape index (κ3) is 8.57. The Hall–Kier alpha value is -12.4. The van der Waals surface area contributed by atoms with Gasteiger partial charge in [-0.15, -0.1) is 0 Å². The highest BCUT2D eigenvalue weighted by molar-refractivity contribution is 6.17. The van der Waals surface area contributed by atoms with Crippen LogP contribution in [0.1, 0.15) is 29.5 Å². The fraction of sp³-hybridized carbons (Fsp3) is 0.0330. The van der Waals surface area contributed by atoms with Crippen molar-refractivity contribution in [1.29, 1.82) is 0 Å². The number of benzene rings is 14. The number of fused-ring (bicyclic) bond motifs is 14. The molecule has 5 heterocycles. The highest BCUT2D eigenvalue weighted by Gasteiger charge is 2.24. The molecule has 0 atom stereocenters. The van der Waals surface area contributed by atoms with Gasteiger partial charge in [-0.1, -0.05) is 194 Å². The largest absolute Gasteiger partial charge is 0.457 e. The lowest BCUT2D eigenvalue weighted by atomic mass is 9.94. The van der Waals surface area contributed by atoms with Crippen LogP contribution in [0.15, 0.2) is 328 Å². The first kappa shape index (κ1) is 54.1. The van der Waals surface area contributed by atoms with Crippen LogP contribution in [0.4, 0.5) is 0 Å². The zero-order valence-corrected chi connectivity index (χ0v) is 52.5. The molecule has 0 unspecified atom stereocenters. The van der Waals surface area contributed by atoms with E-state index in [2.05, 4.69) is 346 Å². The van der Waals surface area contributed by atoms with E-state index in [0.717, 1.165) is 64.6 Å². The molecule has 4 aromatic heterocycles. The van der Waals surface area contributed by atoms with Gasteiger partial charge in [-0.3, -0.25) is 0 Å². The molecule has 0 spiro atoms. The Balaban J connectivity index is 0.685. The van der Waals surface area contributed by atoms with E-state index in [1.54, 1.807) is 0 Å². The molecule has 14 aromatic carbocycles. The molecule has 450 valence electrons. The maximum atomic E-state index is 6.73. The molecule has 0 fully saturated rings. The van der Waals surface area contributed by atoms with Crippen LogP contribution in [0.5, 0.6) is 11.5 Å². The highest BCUT2D eigenvalue weighted by Crippen LogP contribution is 2.46. The Labute approximate surface area is 554 Å². The van der Waals surface area contributed by atoms with E-state index < -0.39 is 0 Å². The molecule has 0 amide bonds. The smallest absolute Gasteiger partial charge is 0.131 e. The van der Waals surface area contributed by atoms with Gasteiger partial charge < -0.3 is 23.0 Å². The second-order valence-corrected chi connectivity index (χ2v) is 25.9. The maximum absolute atomic E-state index is 6.73. The molecule has 5 heteroatoms. The predicted molar refractivity (Wildman–Crippen MR) is 401 cm³/mol. The fourth-order valence-electron chi connectivity index (χ4n) is 16.0. The van der Waals surface area contributed by atoms with Gasteiger partial charge in [0.2, 0.25) is 0 Å². The van der Waals surface area contributed by atoms with Crippen LogP contribution < -0.4 is 4.74 Å². The molecule has 2 aliphatic rings. The highest BCUT2D eigenvalue weighted by atomic mass is 16.5. The van der Waals surface area contributed by atoms with Crippen LogP contribution >= 0.6 is 0 Å². The summed E-state index contributed by atoms with van der Waals surface area (Å²) in [5.74, 6) is 1.81. The van der Waals surface area contributed by atoms with Crippen molar-refractivity contribution >= 4 is 92.8 Å². The van der Waals surface area contributed by atoms with Crippen LogP contribution in [0.3, 0.4) is 0 Å². The van der Waals surface area contributed by atoms with Crippen molar-refractivity contribution in [3.05, 3.63) is 344 Å². The third-order valence-corrected chi connectivity index (χ3v) is 20.5. The molecule has 1 aliphatic heterocycles. The van der Waals surface area contributed by atoms with Gasteiger partial charge in [0.05, 0.1) is 44.1 Å². The summed E-state index contributed by atoms with van der Waals surface area (Å²) in [4.78, 5) is 0. The zero-order chi connectivity index (χ0) is 63.0. The van der Waals surface area contributed by atoms with Gasteiger partial charge in [0.1, 0.15) is 11.5 Å². The lowest BCUT2D eigenvalue weighted by Crippen LogP contribution is -2.06. The summed E-state index contributed by atoms with van der Waals surface area (Å²) < 4.78 is 16.5. The van der Waals surface area contributed by atoms with Gasteiger partial charge in [-0.25, -0.2) is 0 Å². The van der Waals surface area contributed by atoms with Crippen molar-refractivity contribution in [3.63, 3.8) is 0 Å². The van der Waals surface area contributed by atoms with Gasteiger partial charge in [0.15, 0.2) is 0 Å². The molecule has 0 saturated heterocycles. The van der Waals surface area contributed by atoms with Gasteiger partial charge in [0.25, 0.3) is 0 Å². The monoisotopic (exact) mass is 1220 g/mol. The minimum Gasteiger partial charge on any atom is -0.457 e. The number of nitrogens with zero attached hydrogens (tertiary/aromatic N) is 4. The van der Waals surface area contributed by atoms with Crippen LogP contribution in [-0.4, -0.2) is 18.3 Å². The Kier molecular flexibility index (Phi) is 12.2. The molecule has 0 radical (unpaired) electrons. The van der Waals surface area contributed by atoms with Crippen molar-refractivity contribution < 1.29 is 4.74 Å². The second kappa shape index (κ2) is 21.6. The normalized spacial score (nSPS) is 13.0. The van der Waals surface area contributed by atoms with Crippen molar-refractivity contribution in [2.45, 2.75) is 19.3 Å². The number of rotatable bonds is 9. The van der Waals surface area contributed by atoms with Crippen molar-refractivity contribution in [1.82, 2.24) is 18.3 Å². The van der Waals surface area contributed by atoms with E-state index in [1.807, 2.05) is 0 Å².